The minimum absolute atomic E-state index is 0.0133. The summed E-state index contributed by atoms with van der Waals surface area (Å²) >= 11 is 0. The summed E-state index contributed by atoms with van der Waals surface area (Å²) in [6, 6.07) is 1.16. The number of carbonyl (C=O) groups excluding carboxylic acids is 2. The molecule has 0 radical (unpaired) electrons. The Balaban J connectivity index is 2.31. The molecule has 1 aliphatic heterocycles. The summed E-state index contributed by atoms with van der Waals surface area (Å²) in [5.74, 6) is -0.791. The van der Waals surface area contributed by atoms with Crippen molar-refractivity contribution in [3.63, 3.8) is 0 Å². The quantitative estimate of drug-likeness (QED) is 0.574. The molecule has 0 aliphatic carbocycles. The van der Waals surface area contributed by atoms with Crippen LogP contribution in [0.3, 0.4) is 0 Å². The topological polar surface area (TPSA) is 123 Å². The second-order valence-corrected chi connectivity index (χ2v) is 4.43. The van der Waals surface area contributed by atoms with Crippen LogP contribution in [0.1, 0.15) is 10.4 Å². The zero-order valence-electron chi connectivity index (χ0n) is 10.8. The molecule has 106 valence electrons. The van der Waals surface area contributed by atoms with E-state index in [1.807, 2.05) is 0 Å². The molecule has 1 aromatic heterocycles. The lowest BCUT2D eigenvalue weighted by molar-refractivity contribution is -0.385. The Kier molecular flexibility index (Phi) is 3.51. The van der Waals surface area contributed by atoms with E-state index >= 15 is 0 Å². The molecule has 9 nitrogen and oxygen atoms in total. The van der Waals surface area contributed by atoms with Crippen molar-refractivity contribution in [1.29, 1.82) is 0 Å². The van der Waals surface area contributed by atoms with E-state index in [2.05, 4.69) is 4.98 Å². The number of hydrogen-bond acceptors (Lipinski definition) is 6. The van der Waals surface area contributed by atoms with Crippen LogP contribution in [0.25, 0.3) is 0 Å². The van der Waals surface area contributed by atoms with E-state index in [0.717, 1.165) is 12.3 Å². The minimum Gasteiger partial charge on any atom is -0.384 e. The van der Waals surface area contributed by atoms with Crippen LogP contribution < -0.4 is 5.73 Å². The molecule has 9 heteroatoms. The number of nitrogen functional groups attached to an aromatic ring is 1. The molecule has 0 unspecified atom stereocenters. The molecule has 0 aromatic carbocycles. The first-order valence-electron chi connectivity index (χ1n) is 5.83. The number of likely N-dealkylation sites (N-methyl/N-ethyl adjacent to an activating group) is 1. The maximum atomic E-state index is 12.3. The van der Waals surface area contributed by atoms with Crippen LogP contribution in [0.15, 0.2) is 12.3 Å². The lowest BCUT2D eigenvalue weighted by Crippen LogP contribution is -2.50. The average Bonchev–Trinajstić information content (AvgIpc) is 2.40. The van der Waals surface area contributed by atoms with Gasteiger partial charge in [0.25, 0.3) is 11.6 Å². The highest BCUT2D eigenvalue weighted by atomic mass is 16.6. The van der Waals surface area contributed by atoms with Crippen LogP contribution >= 0.6 is 0 Å². The number of hydrogen-bond donors (Lipinski definition) is 1. The lowest BCUT2D eigenvalue weighted by Gasteiger charge is -2.31. The minimum atomic E-state index is -0.697. The number of pyridine rings is 1. The summed E-state index contributed by atoms with van der Waals surface area (Å²) < 4.78 is 0. The highest BCUT2D eigenvalue weighted by Crippen LogP contribution is 2.21. The van der Waals surface area contributed by atoms with Gasteiger partial charge in [-0.2, -0.15) is 0 Å². The third-order valence-corrected chi connectivity index (χ3v) is 3.08. The van der Waals surface area contributed by atoms with Crippen LogP contribution in [0.2, 0.25) is 0 Å². The Morgan fingerprint density at radius 1 is 1.50 bits per heavy atom. The molecule has 1 aliphatic rings. The van der Waals surface area contributed by atoms with Crippen molar-refractivity contribution in [2.45, 2.75) is 0 Å². The summed E-state index contributed by atoms with van der Waals surface area (Å²) in [5, 5.41) is 10.9. The van der Waals surface area contributed by atoms with Gasteiger partial charge in [-0.15, -0.1) is 0 Å². The molecule has 0 saturated carbocycles. The molecule has 20 heavy (non-hydrogen) atoms. The molecule has 2 amide bonds. The fraction of sp³-hybridized carbons (Fsp3) is 0.364. The van der Waals surface area contributed by atoms with Gasteiger partial charge in [0.1, 0.15) is 24.1 Å². The maximum absolute atomic E-state index is 12.3. The molecular weight excluding hydrogens is 266 g/mol. The summed E-state index contributed by atoms with van der Waals surface area (Å²) in [7, 11) is 1.64. The predicted molar refractivity (Wildman–Crippen MR) is 68.8 cm³/mol. The van der Waals surface area contributed by atoms with E-state index in [4.69, 9.17) is 5.73 Å². The Hall–Kier alpha value is -2.71. The number of nitro groups is 1. The van der Waals surface area contributed by atoms with Crippen molar-refractivity contribution in [3.05, 3.63) is 27.9 Å². The fourth-order valence-corrected chi connectivity index (χ4v) is 1.88. The molecule has 0 spiro atoms. The van der Waals surface area contributed by atoms with Gasteiger partial charge in [-0.1, -0.05) is 0 Å². The smallest absolute Gasteiger partial charge is 0.300 e. The summed E-state index contributed by atoms with van der Waals surface area (Å²) in [5.41, 5.74) is 4.89. The highest BCUT2D eigenvalue weighted by Gasteiger charge is 2.30. The molecule has 2 rings (SSSR count). The van der Waals surface area contributed by atoms with Crippen molar-refractivity contribution in [2.75, 3.05) is 32.4 Å². The van der Waals surface area contributed by atoms with Gasteiger partial charge in [0.15, 0.2) is 0 Å². The number of amides is 2. The van der Waals surface area contributed by atoms with Gasteiger partial charge < -0.3 is 15.5 Å². The van der Waals surface area contributed by atoms with E-state index in [1.165, 1.54) is 9.80 Å². The third kappa shape index (κ3) is 2.51. The first kappa shape index (κ1) is 13.7. The van der Waals surface area contributed by atoms with Crippen molar-refractivity contribution in [2.24, 2.45) is 0 Å². The summed E-state index contributed by atoms with van der Waals surface area (Å²) in [6.07, 6.45) is 0.945. The number of nitrogens with zero attached hydrogens (tertiary/aromatic N) is 4. The van der Waals surface area contributed by atoms with Crippen LogP contribution in [0.5, 0.6) is 0 Å². The Bertz CT molecular complexity index is 588. The molecule has 0 bridgehead atoms. The largest absolute Gasteiger partial charge is 0.384 e. The van der Waals surface area contributed by atoms with Gasteiger partial charge in [0.2, 0.25) is 5.91 Å². The fourth-order valence-electron chi connectivity index (χ4n) is 1.88. The molecule has 2 N–H and O–H groups in total. The summed E-state index contributed by atoms with van der Waals surface area (Å²) in [4.78, 5) is 40.5. The molecule has 1 fully saturated rings. The molecule has 1 aromatic rings. The van der Waals surface area contributed by atoms with Crippen LogP contribution in [-0.4, -0.2) is 58.2 Å². The van der Waals surface area contributed by atoms with Gasteiger partial charge in [0, 0.05) is 20.1 Å². The second-order valence-electron chi connectivity index (χ2n) is 4.43. The highest BCUT2D eigenvalue weighted by molar-refractivity contribution is 6.00. The number of nitrogens with two attached hydrogens (primary N) is 1. The van der Waals surface area contributed by atoms with E-state index in [0.29, 0.717) is 13.1 Å². The first-order valence-corrected chi connectivity index (χ1v) is 5.83. The normalized spacial score (nSPS) is 15.3. The van der Waals surface area contributed by atoms with Crippen LogP contribution in [0, 0.1) is 10.1 Å². The predicted octanol–water partition coefficient (Wildman–Crippen LogP) is -0.514. The molecule has 1 saturated heterocycles. The van der Waals surface area contributed by atoms with Crippen molar-refractivity contribution in [1.82, 2.24) is 14.8 Å². The Morgan fingerprint density at radius 3 is 2.80 bits per heavy atom. The maximum Gasteiger partial charge on any atom is 0.300 e. The van der Waals surface area contributed by atoms with Gasteiger partial charge >= 0.3 is 0 Å². The Morgan fingerprint density at radius 2 is 2.20 bits per heavy atom. The number of carbonyl (C=O) groups is 2. The van der Waals surface area contributed by atoms with Crippen LogP contribution in [0.4, 0.5) is 11.5 Å². The van der Waals surface area contributed by atoms with Crippen molar-refractivity contribution >= 4 is 23.3 Å². The van der Waals surface area contributed by atoms with Gasteiger partial charge in [-0.05, 0) is 6.07 Å². The lowest BCUT2D eigenvalue weighted by atomic mass is 10.1. The number of anilines is 1. The zero-order valence-corrected chi connectivity index (χ0v) is 10.8. The third-order valence-electron chi connectivity index (χ3n) is 3.08. The number of aromatic nitrogens is 1. The standard InChI is InChI=1S/C11H13N5O4/c1-14-2-3-15(6-10(14)17)11(18)7-4-9(12)13-5-8(7)16(19)20/h4-5H,2-3,6H2,1H3,(H2,12,13). The van der Waals surface area contributed by atoms with Gasteiger partial charge in [-0.25, -0.2) is 4.98 Å². The summed E-state index contributed by atoms with van der Waals surface area (Å²) in [6.45, 7) is 0.605. The van der Waals surface area contributed by atoms with E-state index in [9.17, 15) is 19.7 Å². The molecule has 0 atom stereocenters. The molecular formula is C11H13N5O4. The zero-order chi connectivity index (χ0) is 14.9. The second kappa shape index (κ2) is 5.11. The SMILES string of the molecule is CN1CCN(C(=O)c2cc(N)ncc2[N+](=O)[O-])CC1=O. The van der Waals surface area contributed by atoms with Crippen LogP contribution in [-0.2, 0) is 4.79 Å². The number of piperazine rings is 1. The van der Waals surface area contributed by atoms with E-state index in [-0.39, 0.29) is 23.8 Å². The monoisotopic (exact) mass is 279 g/mol. The Labute approximate surface area is 114 Å². The average molecular weight is 279 g/mol. The number of rotatable bonds is 2. The van der Waals surface area contributed by atoms with Gasteiger partial charge in [0.05, 0.1) is 4.92 Å². The molecule has 2 heterocycles. The van der Waals surface area contributed by atoms with E-state index in [1.54, 1.807) is 7.05 Å². The first-order chi connectivity index (χ1) is 9.40. The van der Waals surface area contributed by atoms with Gasteiger partial charge in [-0.3, -0.25) is 19.7 Å². The van der Waals surface area contributed by atoms with Crippen molar-refractivity contribution in [3.8, 4) is 0 Å². The van der Waals surface area contributed by atoms with Crippen molar-refractivity contribution < 1.29 is 14.5 Å². The van der Waals surface area contributed by atoms with E-state index < -0.39 is 16.5 Å².